The molecule has 204 valence electrons. The highest BCUT2D eigenvalue weighted by atomic mass is 16.5. The van der Waals surface area contributed by atoms with Crippen molar-refractivity contribution < 1.29 is 14.3 Å². The minimum atomic E-state index is -0.204. The van der Waals surface area contributed by atoms with Gasteiger partial charge in [0, 0.05) is 57.1 Å². The zero-order chi connectivity index (χ0) is 27.8. The second kappa shape index (κ2) is 16.6. The second-order valence-corrected chi connectivity index (χ2v) is 8.71. The molecule has 0 unspecified atom stereocenters. The van der Waals surface area contributed by atoms with Gasteiger partial charge >= 0.3 is 0 Å². The molecule has 0 aliphatic rings. The summed E-state index contributed by atoms with van der Waals surface area (Å²) in [6.45, 7) is 3.97. The van der Waals surface area contributed by atoms with Crippen molar-refractivity contribution in [2.24, 2.45) is 0 Å². The molecule has 2 aromatic heterocycles. The number of unbranched alkanes of at least 4 members (excludes halogenated alkanes) is 1. The van der Waals surface area contributed by atoms with Crippen LogP contribution in [0.15, 0.2) is 36.7 Å². The van der Waals surface area contributed by atoms with E-state index in [-0.39, 0.29) is 18.4 Å². The number of hydrogen-bond donors (Lipinski definition) is 3. The summed E-state index contributed by atoms with van der Waals surface area (Å²) in [5, 5.41) is 9.28. The molecule has 2 heterocycles. The molecule has 0 saturated carbocycles. The van der Waals surface area contributed by atoms with Crippen molar-refractivity contribution in [3.8, 4) is 17.7 Å². The molecule has 38 heavy (non-hydrogen) atoms. The van der Waals surface area contributed by atoms with Gasteiger partial charge in [-0.15, -0.1) is 0 Å². The van der Waals surface area contributed by atoms with Crippen LogP contribution >= 0.6 is 0 Å². The Morgan fingerprint density at radius 2 is 2.00 bits per heavy atom. The monoisotopic (exact) mass is 522 g/mol. The molecule has 0 aliphatic carbocycles. The molecule has 0 bridgehead atoms. The van der Waals surface area contributed by atoms with E-state index in [0.717, 1.165) is 18.7 Å². The Balaban J connectivity index is 1.85. The lowest BCUT2D eigenvalue weighted by atomic mass is 10.2. The number of nitrogens with one attached hydrogen (secondary N) is 3. The second-order valence-electron chi connectivity index (χ2n) is 8.71. The quantitative estimate of drug-likeness (QED) is 0.195. The Hall–Kier alpha value is -4.17. The number of amides is 2. The van der Waals surface area contributed by atoms with E-state index in [4.69, 9.17) is 4.74 Å². The van der Waals surface area contributed by atoms with E-state index in [1.165, 1.54) is 11.0 Å². The Morgan fingerprint density at radius 1 is 1.18 bits per heavy atom. The van der Waals surface area contributed by atoms with Gasteiger partial charge in [-0.2, -0.15) is 4.98 Å². The number of carbonyl (C=O) groups is 2. The zero-order valence-corrected chi connectivity index (χ0v) is 22.9. The fourth-order valence-electron chi connectivity index (χ4n) is 3.04. The van der Waals surface area contributed by atoms with Gasteiger partial charge in [0.1, 0.15) is 5.82 Å². The summed E-state index contributed by atoms with van der Waals surface area (Å²) in [5.41, 5.74) is 1.46. The number of nitrogens with zero attached hydrogens (tertiary/aromatic N) is 5. The molecule has 11 heteroatoms. The van der Waals surface area contributed by atoms with Crippen molar-refractivity contribution in [3.05, 3.63) is 42.2 Å². The molecule has 0 fully saturated rings. The third kappa shape index (κ3) is 11.3. The first kappa shape index (κ1) is 30.1. The Kier molecular flexibility index (Phi) is 13.1. The maximum Gasteiger partial charge on any atom is 0.246 e. The molecule has 2 amide bonds. The van der Waals surface area contributed by atoms with E-state index >= 15 is 0 Å². The number of anilines is 3. The number of pyridine rings is 1. The number of rotatable bonds is 14. The molecule has 0 atom stereocenters. The van der Waals surface area contributed by atoms with Crippen LogP contribution in [0.2, 0.25) is 0 Å². The molecule has 0 aliphatic heterocycles. The summed E-state index contributed by atoms with van der Waals surface area (Å²) >= 11 is 0. The lowest BCUT2D eigenvalue weighted by molar-refractivity contribution is -0.131. The predicted molar refractivity (Wildman–Crippen MR) is 149 cm³/mol. The van der Waals surface area contributed by atoms with Crippen LogP contribution in [0.1, 0.15) is 31.7 Å². The van der Waals surface area contributed by atoms with Gasteiger partial charge in [0.15, 0.2) is 0 Å². The highest BCUT2D eigenvalue weighted by Gasteiger charge is 2.10. The number of likely N-dealkylation sites (N-methyl/N-ethyl adjacent to an activating group) is 2. The largest absolute Gasteiger partial charge is 0.481 e. The molecular weight excluding hydrogens is 484 g/mol. The first-order valence-corrected chi connectivity index (χ1v) is 12.5. The highest BCUT2D eigenvalue weighted by Crippen LogP contribution is 2.19. The number of carbonyl (C=O) groups excluding carboxylic acids is 2. The smallest absolute Gasteiger partial charge is 0.246 e. The van der Waals surface area contributed by atoms with E-state index in [0.29, 0.717) is 49.1 Å². The standard InChI is InChI=1S/C27H38N8O3/c1-6-14-30-26-21(19-31-27(33-26)32-22-13-16-29-24(18-22)38-5)11-8-7-9-15-28-23(36)20-35(4)25(37)12-10-17-34(2)3/h10,12-13,16,18-19H,6-7,9,14-15,17,20H2,1-5H3,(H,28,36)(H2,29,30,31,32,33)/b12-10+. The van der Waals surface area contributed by atoms with Gasteiger partial charge in [-0.25, -0.2) is 9.97 Å². The molecule has 0 aromatic carbocycles. The zero-order valence-electron chi connectivity index (χ0n) is 22.9. The maximum absolute atomic E-state index is 12.1. The van der Waals surface area contributed by atoms with Crippen LogP contribution in [0.3, 0.4) is 0 Å². The molecule has 0 radical (unpaired) electrons. The van der Waals surface area contributed by atoms with Crippen molar-refractivity contribution in [2.75, 3.05) is 65.1 Å². The van der Waals surface area contributed by atoms with E-state index in [9.17, 15) is 9.59 Å². The molecule has 0 saturated heterocycles. The van der Waals surface area contributed by atoms with Crippen molar-refractivity contribution in [3.63, 3.8) is 0 Å². The average molecular weight is 523 g/mol. The van der Waals surface area contributed by atoms with Gasteiger partial charge in [0.05, 0.1) is 25.4 Å². The van der Waals surface area contributed by atoms with Gasteiger partial charge in [-0.3, -0.25) is 9.59 Å². The van der Waals surface area contributed by atoms with Gasteiger partial charge in [0.25, 0.3) is 0 Å². The summed E-state index contributed by atoms with van der Waals surface area (Å²) in [5.74, 6) is 7.41. The molecule has 11 nitrogen and oxygen atoms in total. The minimum Gasteiger partial charge on any atom is -0.481 e. The van der Waals surface area contributed by atoms with E-state index in [1.54, 1.807) is 44.8 Å². The Labute approximate surface area is 225 Å². The van der Waals surface area contributed by atoms with Crippen molar-refractivity contribution in [2.45, 2.75) is 26.2 Å². The van der Waals surface area contributed by atoms with Crippen LogP contribution in [0.4, 0.5) is 17.5 Å². The molecule has 2 aromatic rings. The van der Waals surface area contributed by atoms with Crippen LogP contribution in [0.5, 0.6) is 5.88 Å². The third-order valence-electron chi connectivity index (χ3n) is 5.04. The van der Waals surface area contributed by atoms with Crippen LogP contribution in [0.25, 0.3) is 0 Å². The Bertz CT molecular complexity index is 1140. The van der Waals surface area contributed by atoms with Gasteiger partial charge < -0.3 is 30.5 Å². The first-order chi connectivity index (χ1) is 18.3. The minimum absolute atomic E-state index is 0.00721. The van der Waals surface area contributed by atoms with Gasteiger partial charge in [-0.1, -0.05) is 24.8 Å². The molecule has 2 rings (SSSR count). The van der Waals surface area contributed by atoms with E-state index in [1.807, 2.05) is 19.0 Å². The summed E-state index contributed by atoms with van der Waals surface area (Å²) in [4.78, 5) is 40.5. The maximum atomic E-state index is 12.1. The summed E-state index contributed by atoms with van der Waals surface area (Å²) in [7, 11) is 7.01. The average Bonchev–Trinajstić information content (AvgIpc) is 2.90. The Morgan fingerprint density at radius 3 is 2.74 bits per heavy atom. The molecule has 3 N–H and O–H groups in total. The van der Waals surface area contributed by atoms with Crippen LogP contribution in [-0.2, 0) is 9.59 Å². The van der Waals surface area contributed by atoms with Crippen molar-refractivity contribution in [1.82, 2.24) is 30.1 Å². The van der Waals surface area contributed by atoms with Gasteiger partial charge in [-0.05, 0) is 33.0 Å². The van der Waals surface area contributed by atoms with Crippen molar-refractivity contribution >= 4 is 29.3 Å². The SMILES string of the molecule is CCCNc1nc(Nc2ccnc(OC)c2)ncc1C#CCCCNC(=O)CN(C)C(=O)/C=C/CN(C)C. The van der Waals surface area contributed by atoms with E-state index in [2.05, 4.69) is 49.7 Å². The van der Waals surface area contributed by atoms with Crippen LogP contribution in [-0.4, -0.2) is 91.0 Å². The fraction of sp³-hybridized carbons (Fsp3) is 0.444. The molecular formula is C27H38N8O3. The fourth-order valence-corrected chi connectivity index (χ4v) is 3.04. The lowest BCUT2D eigenvalue weighted by Crippen LogP contribution is -2.38. The predicted octanol–water partition coefficient (Wildman–Crippen LogP) is 2.27. The van der Waals surface area contributed by atoms with Crippen LogP contribution in [0, 0.1) is 11.8 Å². The number of hydrogen-bond acceptors (Lipinski definition) is 9. The van der Waals surface area contributed by atoms with E-state index < -0.39 is 0 Å². The topological polar surface area (TPSA) is 125 Å². The first-order valence-electron chi connectivity index (χ1n) is 12.5. The van der Waals surface area contributed by atoms with Crippen molar-refractivity contribution in [1.29, 1.82) is 0 Å². The summed E-state index contributed by atoms with van der Waals surface area (Å²) < 4.78 is 5.15. The van der Waals surface area contributed by atoms with Crippen LogP contribution < -0.4 is 20.7 Å². The summed E-state index contributed by atoms with van der Waals surface area (Å²) in [6.07, 6.45) is 8.78. The highest BCUT2D eigenvalue weighted by molar-refractivity contribution is 5.91. The third-order valence-corrected chi connectivity index (χ3v) is 5.04. The normalized spacial score (nSPS) is 10.6. The number of aromatic nitrogens is 3. The number of ether oxygens (including phenoxy) is 1. The number of methoxy groups -OCH3 is 1. The van der Waals surface area contributed by atoms with Gasteiger partial charge in [0.2, 0.25) is 23.6 Å². The summed E-state index contributed by atoms with van der Waals surface area (Å²) in [6, 6.07) is 3.56. The lowest BCUT2D eigenvalue weighted by Gasteiger charge is -2.14. The molecule has 0 spiro atoms.